The average molecular weight is 307 g/mol. The van der Waals surface area contributed by atoms with Gasteiger partial charge in [0.2, 0.25) is 0 Å². The number of aliphatic carboxylic acids is 1. The molecular formula is C17H25NO4. The number of rotatable bonds is 10. The van der Waals surface area contributed by atoms with Crippen molar-refractivity contribution in [2.24, 2.45) is 5.92 Å². The van der Waals surface area contributed by atoms with Crippen LogP contribution in [0.2, 0.25) is 0 Å². The smallest absolute Gasteiger partial charge is 0.407 e. The molecule has 0 aromatic heterocycles. The van der Waals surface area contributed by atoms with E-state index in [1.54, 1.807) is 0 Å². The van der Waals surface area contributed by atoms with Crippen LogP contribution >= 0.6 is 0 Å². The first-order valence-electron chi connectivity index (χ1n) is 7.80. The van der Waals surface area contributed by atoms with Crippen LogP contribution in [0.5, 0.6) is 0 Å². The molecule has 0 saturated carbocycles. The molecule has 1 aromatic carbocycles. The van der Waals surface area contributed by atoms with Gasteiger partial charge in [-0.2, -0.15) is 0 Å². The van der Waals surface area contributed by atoms with Crippen molar-refractivity contribution in [3.05, 3.63) is 35.9 Å². The molecule has 5 heteroatoms. The summed E-state index contributed by atoms with van der Waals surface area (Å²) in [5.41, 5.74) is 1.02. The topological polar surface area (TPSA) is 75.6 Å². The predicted molar refractivity (Wildman–Crippen MR) is 84.8 cm³/mol. The summed E-state index contributed by atoms with van der Waals surface area (Å²) in [6, 6.07) is 9.58. The maximum Gasteiger partial charge on any atom is 0.407 e. The number of carbonyl (C=O) groups excluding carboxylic acids is 1. The first kappa shape index (κ1) is 18.0. The van der Waals surface area contributed by atoms with Gasteiger partial charge in [0.1, 0.15) is 0 Å². The van der Waals surface area contributed by atoms with Gasteiger partial charge in [-0.3, -0.25) is 4.79 Å². The number of amides is 1. The molecule has 1 atom stereocenters. The number of alkyl carbamates (subject to hydrolysis) is 1. The van der Waals surface area contributed by atoms with Crippen LogP contribution in [0.1, 0.15) is 38.2 Å². The van der Waals surface area contributed by atoms with Crippen LogP contribution in [-0.4, -0.2) is 30.3 Å². The molecule has 1 unspecified atom stereocenters. The van der Waals surface area contributed by atoms with E-state index in [4.69, 9.17) is 4.74 Å². The van der Waals surface area contributed by atoms with Crippen molar-refractivity contribution in [1.82, 2.24) is 5.32 Å². The van der Waals surface area contributed by atoms with Crippen molar-refractivity contribution in [3.63, 3.8) is 0 Å². The monoisotopic (exact) mass is 307 g/mol. The lowest BCUT2D eigenvalue weighted by Crippen LogP contribution is -2.27. The number of carbonyl (C=O) groups is 2. The number of carboxylic acids is 1. The SMILES string of the molecule is CCCCOC(=O)NCCCC(Cc1ccccc1)C(=O)O. The molecule has 0 aliphatic carbocycles. The average Bonchev–Trinajstić information content (AvgIpc) is 2.51. The van der Waals surface area contributed by atoms with Crippen LogP contribution in [0.4, 0.5) is 4.79 Å². The molecule has 2 N–H and O–H groups in total. The van der Waals surface area contributed by atoms with Gasteiger partial charge in [0.05, 0.1) is 12.5 Å². The third-order valence-electron chi connectivity index (χ3n) is 3.40. The Morgan fingerprint density at radius 2 is 1.95 bits per heavy atom. The number of nitrogens with one attached hydrogen (secondary N) is 1. The van der Waals surface area contributed by atoms with Gasteiger partial charge >= 0.3 is 12.1 Å². The zero-order valence-corrected chi connectivity index (χ0v) is 13.1. The second-order valence-electron chi connectivity index (χ2n) is 5.28. The fourth-order valence-corrected chi connectivity index (χ4v) is 2.11. The minimum Gasteiger partial charge on any atom is -0.481 e. The van der Waals surface area contributed by atoms with E-state index >= 15 is 0 Å². The van der Waals surface area contributed by atoms with Gasteiger partial charge in [-0.25, -0.2) is 4.79 Å². The third kappa shape index (κ3) is 7.67. The summed E-state index contributed by atoms with van der Waals surface area (Å²) in [6.07, 6.45) is 3.06. The van der Waals surface area contributed by atoms with E-state index in [9.17, 15) is 14.7 Å². The lowest BCUT2D eigenvalue weighted by atomic mass is 9.95. The van der Waals surface area contributed by atoms with E-state index in [1.807, 2.05) is 37.3 Å². The first-order valence-corrected chi connectivity index (χ1v) is 7.80. The van der Waals surface area contributed by atoms with Crippen LogP contribution in [-0.2, 0) is 16.0 Å². The number of unbranched alkanes of at least 4 members (excludes halogenated alkanes) is 1. The van der Waals surface area contributed by atoms with Crippen molar-refractivity contribution < 1.29 is 19.4 Å². The van der Waals surface area contributed by atoms with E-state index in [-0.39, 0.29) is 0 Å². The highest BCUT2D eigenvalue weighted by molar-refractivity contribution is 5.70. The highest BCUT2D eigenvalue weighted by Gasteiger charge is 2.17. The Bertz CT molecular complexity index is 447. The van der Waals surface area contributed by atoms with Crippen molar-refractivity contribution >= 4 is 12.1 Å². The molecular weight excluding hydrogens is 282 g/mol. The summed E-state index contributed by atoms with van der Waals surface area (Å²) in [4.78, 5) is 22.6. The molecule has 1 rings (SSSR count). The van der Waals surface area contributed by atoms with Crippen molar-refractivity contribution in [2.45, 2.75) is 39.0 Å². The normalized spacial score (nSPS) is 11.7. The summed E-state index contributed by atoms with van der Waals surface area (Å²) in [5, 5.41) is 11.9. The van der Waals surface area contributed by atoms with Gasteiger partial charge in [-0.05, 0) is 31.2 Å². The van der Waals surface area contributed by atoms with Gasteiger partial charge < -0.3 is 15.2 Å². The molecule has 5 nitrogen and oxygen atoms in total. The highest BCUT2D eigenvalue weighted by atomic mass is 16.5. The summed E-state index contributed by atoms with van der Waals surface area (Å²) in [6.45, 7) is 2.89. The summed E-state index contributed by atoms with van der Waals surface area (Å²) < 4.78 is 4.97. The van der Waals surface area contributed by atoms with Gasteiger partial charge in [0.25, 0.3) is 0 Å². The van der Waals surface area contributed by atoms with Crippen LogP contribution in [0.15, 0.2) is 30.3 Å². The molecule has 122 valence electrons. The van der Waals surface area contributed by atoms with Crippen LogP contribution in [0, 0.1) is 5.92 Å². The lowest BCUT2D eigenvalue weighted by Gasteiger charge is -2.12. The van der Waals surface area contributed by atoms with Crippen molar-refractivity contribution in [2.75, 3.05) is 13.2 Å². The summed E-state index contributed by atoms with van der Waals surface area (Å²) in [7, 11) is 0. The Morgan fingerprint density at radius 1 is 1.23 bits per heavy atom. The molecule has 0 spiro atoms. The maximum atomic E-state index is 11.3. The number of hydrogen-bond acceptors (Lipinski definition) is 3. The molecule has 0 aliphatic rings. The van der Waals surface area contributed by atoms with Crippen LogP contribution in [0.25, 0.3) is 0 Å². The zero-order valence-electron chi connectivity index (χ0n) is 13.1. The second-order valence-corrected chi connectivity index (χ2v) is 5.28. The van der Waals surface area contributed by atoms with Crippen molar-refractivity contribution in [3.8, 4) is 0 Å². The molecule has 22 heavy (non-hydrogen) atoms. The van der Waals surface area contributed by atoms with E-state index in [1.165, 1.54) is 0 Å². The lowest BCUT2D eigenvalue weighted by molar-refractivity contribution is -0.141. The molecule has 0 saturated heterocycles. The Morgan fingerprint density at radius 3 is 2.59 bits per heavy atom. The number of carboxylic acid groups (broad SMARTS) is 1. The predicted octanol–water partition coefficient (Wildman–Crippen LogP) is 3.24. The van der Waals surface area contributed by atoms with E-state index < -0.39 is 18.0 Å². The number of ether oxygens (including phenoxy) is 1. The van der Waals surface area contributed by atoms with Gasteiger partial charge in [-0.15, -0.1) is 0 Å². The van der Waals surface area contributed by atoms with E-state index in [2.05, 4.69) is 5.32 Å². The minimum absolute atomic E-state index is 0.425. The first-order chi connectivity index (χ1) is 10.6. The molecule has 0 aliphatic heterocycles. The summed E-state index contributed by atoms with van der Waals surface area (Å²) in [5.74, 6) is -1.23. The van der Waals surface area contributed by atoms with Gasteiger partial charge in [-0.1, -0.05) is 43.7 Å². The number of hydrogen-bond donors (Lipinski definition) is 2. The second kappa shape index (κ2) is 10.7. The van der Waals surface area contributed by atoms with Crippen molar-refractivity contribution in [1.29, 1.82) is 0 Å². The maximum absolute atomic E-state index is 11.3. The molecule has 0 radical (unpaired) electrons. The fourth-order valence-electron chi connectivity index (χ4n) is 2.11. The number of benzene rings is 1. The molecule has 0 heterocycles. The Balaban J connectivity index is 2.25. The van der Waals surface area contributed by atoms with E-state index in [0.29, 0.717) is 32.4 Å². The Labute approximate surface area is 131 Å². The third-order valence-corrected chi connectivity index (χ3v) is 3.40. The fraction of sp³-hybridized carbons (Fsp3) is 0.529. The Kier molecular flexibility index (Phi) is 8.72. The molecule has 1 aromatic rings. The quantitative estimate of drug-likeness (QED) is 0.651. The largest absolute Gasteiger partial charge is 0.481 e. The molecule has 0 fully saturated rings. The summed E-state index contributed by atoms with van der Waals surface area (Å²) >= 11 is 0. The van der Waals surface area contributed by atoms with E-state index in [0.717, 1.165) is 18.4 Å². The molecule has 0 bridgehead atoms. The zero-order chi connectivity index (χ0) is 16.2. The Hall–Kier alpha value is -2.04. The van der Waals surface area contributed by atoms with Crippen LogP contribution < -0.4 is 5.32 Å². The van der Waals surface area contributed by atoms with Crippen LogP contribution in [0.3, 0.4) is 0 Å². The van der Waals surface area contributed by atoms with Gasteiger partial charge in [0.15, 0.2) is 0 Å². The highest BCUT2D eigenvalue weighted by Crippen LogP contribution is 2.14. The van der Waals surface area contributed by atoms with Gasteiger partial charge in [0, 0.05) is 6.54 Å². The molecule has 1 amide bonds. The minimum atomic E-state index is -0.797. The standard InChI is InChI=1S/C17H25NO4/c1-2-3-12-22-17(21)18-11-7-10-15(16(19)20)13-14-8-5-4-6-9-14/h4-6,8-9,15H,2-3,7,10-13H2,1H3,(H,18,21)(H,19,20).